The molecule has 4 aliphatic heterocycles. The fourth-order valence-electron chi connectivity index (χ4n) is 6.90. The molecule has 1 amide bonds. The van der Waals surface area contributed by atoms with Gasteiger partial charge in [-0.2, -0.15) is 0 Å². The number of carbonyl (C=O) groups excluding carboxylic acids is 2. The minimum absolute atomic E-state index is 0.101. The Hall–Kier alpha value is -1.82. The zero-order chi connectivity index (χ0) is 40.2. The van der Waals surface area contributed by atoms with Crippen molar-refractivity contribution in [2.45, 2.75) is 149 Å². The summed E-state index contributed by atoms with van der Waals surface area (Å²) < 4.78 is 45.0. The highest BCUT2D eigenvalue weighted by molar-refractivity contribution is 5.73. The third-order valence-corrected chi connectivity index (χ3v) is 10.1. The molecule has 0 aliphatic carbocycles. The van der Waals surface area contributed by atoms with Crippen molar-refractivity contribution in [1.82, 2.24) is 5.32 Å². The molecular formula is C31H53NO22. The lowest BCUT2D eigenvalue weighted by Crippen LogP contribution is -2.69. The Balaban J connectivity index is 1.52. The van der Waals surface area contributed by atoms with Crippen LogP contribution < -0.4 is 5.32 Å². The van der Waals surface area contributed by atoms with Crippen LogP contribution in [0.15, 0.2) is 0 Å². The molecule has 0 radical (unpaired) electrons. The van der Waals surface area contributed by atoms with E-state index in [1.54, 1.807) is 0 Å². The van der Waals surface area contributed by atoms with E-state index in [-0.39, 0.29) is 6.47 Å². The zero-order valence-corrected chi connectivity index (χ0v) is 29.6. The summed E-state index contributed by atoms with van der Waals surface area (Å²) in [5.41, 5.74) is 0. The van der Waals surface area contributed by atoms with Crippen LogP contribution in [-0.4, -0.2) is 222 Å². The summed E-state index contributed by atoms with van der Waals surface area (Å²) in [6.07, 6.45) is -29.8. The van der Waals surface area contributed by atoms with Crippen molar-refractivity contribution in [3.8, 4) is 0 Å². The molecular weight excluding hydrogens is 738 g/mol. The number of amides is 1. The SMILES string of the molecule is CC(=O)NC1C(O)[C@H](O[C@@H]2OC(CO[C@]3(OC=O)C[C@@H](O)[C@@H](C)C(C(O)C(O)CO)O3)[C@H](O)[C@H](O)C2O)[C@H](CO)O[C@H]1OC1[C@@H](O)[C@H](O)C(CO)O[C@@H]1C. The van der Waals surface area contributed by atoms with Crippen molar-refractivity contribution in [3.05, 3.63) is 0 Å². The van der Waals surface area contributed by atoms with Gasteiger partial charge in [-0.3, -0.25) is 9.59 Å². The predicted octanol–water partition coefficient (Wildman–Crippen LogP) is -8.01. The first-order chi connectivity index (χ1) is 25.4. The molecule has 4 aliphatic rings. The highest BCUT2D eigenvalue weighted by Crippen LogP contribution is 2.38. The van der Waals surface area contributed by atoms with Gasteiger partial charge in [-0.15, -0.1) is 0 Å². The van der Waals surface area contributed by atoms with Crippen molar-refractivity contribution >= 4 is 12.4 Å². The van der Waals surface area contributed by atoms with Gasteiger partial charge in [0.2, 0.25) is 5.91 Å². The van der Waals surface area contributed by atoms with Gasteiger partial charge >= 0.3 is 5.97 Å². The molecule has 0 aromatic carbocycles. The van der Waals surface area contributed by atoms with Gasteiger partial charge in [-0.25, -0.2) is 0 Å². The smallest absolute Gasteiger partial charge is 0.332 e. The lowest BCUT2D eigenvalue weighted by molar-refractivity contribution is -0.424. The molecule has 9 unspecified atom stereocenters. The van der Waals surface area contributed by atoms with Crippen LogP contribution >= 0.6 is 0 Å². The zero-order valence-electron chi connectivity index (χ0n) is 29.6. The van der Waals surface area contributed by atoms with Crippen LogP contribution in [0.3, 0.4) is 0 Å². The number of hydrogen-bond donors (Lipinski definition) is 13. The Morgan fingerprint density at radius 1 is 0.815 bits per heavy atom. The number of rotatable bonds is 15. The molecule has 4 fully saturated rings. The number of hydrogen-bond acceptors (Lipinski definition) is 22. The van der Waals surface area contributed by atoms with E-state index in [2.05, 4.69) is 5.32 Å². The van der Waals surface area contributed by atoms with Gasteiger partial charge in [0.1, 0.15) is 85.4 Å². The second-order valence-corrected chi connectivity index (χ2v) is 13.9. The van der Waals surface area contributed by atoms with E-state index in [0.29, 0.717) is 0 Å². The number of nitrogens with one attached hydrogen (secondary N) is 1. The summed E-state index contributed by atoms with van der Waals surface area (Å²) >= 11 is 0. The van der Waals surface area contributed by atoms with Crippen molar-refractivity contribution in [1.29, 1.82) is 0 Å². The number of aliphatic hydroxyl groups excluding tert-OH is 12. The van der Waals surface area contributed by atoms with Crippen molar-refractivity contribution in [2.75, 3.05) is 26.4 Å². The molecule has 0 aromatic heterocycles. The second kappa shape index (κ2) is 19.1. The molecule has 0 bridgehead atoms. The second-order valence-electron chi connectivity index (χ2n) is 13.9. The van der Waals surface area contributed by atoms with Gasteiger partial charge in [0.15, 0.2) is 12.6 Å². The van der Waals surface area contributed by atoms with Crippen LogP contribution in [0.5, 0.6) is 0 Å². The van der Waals surface area contributed by atoms with Crippen LogP contribution in [0.4, 0.5) is 0 Å². The molecule has 314 valence electrons. The Morgan fingerprint density at radius 3 is 2.02 bits per heavy atom. The van der Waals surface area contributed by atoms with Crippen LogP contribution in [0, 0.1) is 5.92 Å². The van der Waals surface area contributed by atoms with Crippen LogP contribution in [0.2, 0.25) is 0 Å². The lowest BCUT2D eigenvalue weighted by Gasteiger charge is -2.49. The fraction of sp³-hybridized carbons (Fsp3) is 0.935. The summed E-state index contributed by atoms with van der Waals surface area (Å²) in [5.74, 6) is -4.05. The quantitative estimate of drug-likeness (QED) is 0.0541. The standard InChI is InChI=1S/C31H53NO22/c1-10-13(38)4-31(48-9-36,54-26(10)19(40)14(39)5-33)47-8-17-21(42)23(44)25(46)30(51-17)53-28-16(7-35)50-29(18(22(28)43)32-12(3)37)52-27-11(2)49-15(6-34)20(41)24(27)45/h9-11,13-30,33-35,38-46H,4-8H2,1-3H3,(H,32,37)/t10-,11-,13-,14?,15?,16+,17?,18?,19?,20-,21+,22?,23+,24+,25?,26?,27?,28-,29+,30+,31+/m1/s1. The maximum atomic E-state index is 12.2. The average molecular weight is 792 g/mol. The summed E-state index contributed by atoms with van der Waals surface area (Å²) in [5, 5.41) is 128. The first-order valence-electron chi connectivity index (χ1n) is 17.4. The van der Waals surface area contributed by atoms with Crippen molar-refractivity contribution < 1.29 is 109 Å². The van der Waals surface area contributed by atoms with Crippen molar-refractivity contribution in [3.63, 3.8) is 0 Å². The summed E-state index contributed by atoms with van der Waals surface area (Å²) in [7, 11) is 0. The van der Waals surface area contributed by atoms with Gasteiger partial charge in [0.25, 0.3) is 6.47 Å². The van der Waals surface area contributed by atoms with E-state index >= 15 is 0 Å². The molecule has 0 aromatic rings. The molecule has 0 spiro atoms. The minimum atomic E-state index is -2.46. The lowest BCUT2D eigenvalue weighted by atomic mass is 9.87. The topological polar surface area (TPSA) is 363 Å². The molecule has 23 heteroatoms. The number of ether oxygens (including phenoxy) is 8. The molecule has 54 heavy (non-hydrogen) atoms. The minimum Gasteiger partial charge on any atom is -0.410 e. The van der Waals surface area contributed by atoms with E-state index in [1.165, 1.54) is 13.8 Å². The first-order valence-corrected chi connectivity index (χ1v) is 17.4. The third-order valence-electron chi connectivity index (χ3n) is 10.1. The van der Waals surface area contributed by atoms with E-state index in [0.717, 1.165) is 6.92 Å². The molecule has 13 N–H and O–H groups in total. The van der Waals surface area contributed by atoms with Gasteiger partial charge in [-0.1, -0.05) is 6.92 Å². The monoisotopic (exact) mass is 791 g/mol. The van der Waals surface area contributed by atoms with Crippen molar-refractivity contribution in [2.24, 2.45) is 5.92 Å². The van der Waals surface area contributed by atoms with Gasteiger partial charge in [-0.05, 0) is 6.92 Å². The Bertz CT molecular complexity index is 1210. The number of aliphatic hydroxyl groups is 12. The largest absolute Gasteiger partial charge is 0.410 e. The highest BCUT2D eigenvalue weighted by Gasteiger charge is 2.55. The predicted molar refractivity (Wildman–Crippen MR) is 169 cm³/mol. The van der Waals surface area contributed by atoms with Gasteiger partial charge < -0.3 is 104 Å². The van der Waals surface area contributed by atoms with E-state index < -0.39 is 167 Å². The molecule has 4 saturated heterocycles. The Labute approximate surface area is 308 Å². The first kappa shape index (κ1) is 44.9. The van der Waals surface area contributed by atoms with Gasteiger partial charge in [0.05, 0.1) is 51.2 Å². The molecule has 4 rings (SSSR count). The number of carbonyl (C=O) groups is 2. The Kier molecular flexibility index (Phi) is 15.9. The maximum Gasteiger partial charge on any atom is 0.332 e. The van der Waals surface area contributed by atoms with E-state index in [4.69, 9.17) is 37.9 Å². The van der Waals surface area contributed by atoms with E-state index in [9.17, 15) is 70.9 Å². The molecule has 23 nitrogen and oxygen atoms in total. The van der Waals surface area contributed by atoms with Crippen LogP contribution in [0.1, 0.15) is 27.2 Å². The summed E-state index contributed by atoms with van der Waals surface area (Å²) in [6, 6.07) is -1.51. The molecule has 0 saturated carbocycles. The third kappa shape index (κ3) is 9.64. The van der Waals surface area contributed by atoms with Gasteiger partial charge in [0, 0.05) is 12.8 Å². The highest BCUT2D eigenvalue weighted by atomic mass is 16.9. The molecule has 21 atom stereocenters. The summed E-state index contributed by atoms with van der Waals surface area (Å²) in [6.45, 7) is 0.690. The molecule has 4 heterocycles. The maximum absolute atomic E-state index is 12.2. The fourth-order valence-corrected chi connectivity index (χ4v) is 6.90. The van der Waals surface area contributed by atoms with E-state index in [1.807, 2.05) is 0 Å². The van der Waals surface area contributed by atoms with Crippen LogP contribution in [0.25, 0.3) is 0 Å². The average Bonchev–Trinajstić information content (AvgIpc) is 3.14. The summed E-state index contributed by atoms with van der Waals surface area (Å²) in [4.78, 5) is 23.7. The van der Waals surface area contributed by atoms with Crippen LogP contribution in [-0.2, 0) is 47.5 Å². The normalized spacial score (nSPS) is 47.0. The Morgan fingerprint density at radius 2 is 1.43 bits per heavy atom.